The lowest BCUT2D eigenvalue weighted by molar-refractivity contribution is -0.153. The first-order chi connectivity index (χ1) is 24.8. The third-order valence-electron chi connectivity index (χ3n) is 10.7. The molecule has 0 saturated heterocycles. The van der Waals surface area contributed by atoms with Crippen LogP contribution in [0, 0.1) is 17.8 Å². The Balaban J connectivity index is 5.39. The standard InChI is InChI=1S/C44H86N2O5/c1-8-14-18-22-24-28-32-40(30-26-20-16-10-3)43(48)50-36-34-46(42(47)39(7)38-45(12-5)13-6)35-37-51-44(49)41(31-27-21-17-11-4)33-29-25-23-19-15-9-2/h39-41H,8-38H2,1-7H3. The molecule has 0 aliphatic heterocycles. The summed E-state index contributed by atoms with van der Waals surface area (Å²) in [4.78, 5) is 44.5. The molecule has 1 amide bonds. The van der Waals surface area contributed by atoms with Crippen molar-refractivity contribution in [3.05, 3.63) is 0 Å². The van der Waals surface area contributed by atoms with E-state index < -0.39 is 0 Å². The minimum atomic E-state index is -0.200. The maximum absolute atomic E-state index is 13.8. The lowest BCUT2D eigenvalue weighted by atomic mass is 9.94. The second kappa shape index (κ2) is 35.4. The zero-order valence-electron chi connectivity index (χ0n) is 35.1. The number of nitrogens with zero attached hydrogens (tertiary/aromatic N) is 2. The van der Waals surface area contributed by atoms with Crippen LogP contribution in [0.2, 0.25) is 0 Å². The van der Waals surface area contributed by atoms with E-state index in [-0.39, 0.29) is 48.8 Å². The molecule has 0 heterocycles. The fraction of sp³-hybridized carbons (Fsp3) is 0.932. The molecule has 0 N–H and O–H groups in total. The van der Waals surface area contributed by atoms with Crippen molar-refractivity contribution >= 4 is 17.8 Å². The molecule has 0 rings (SSSR count). The number of carbonyl (C=O) groups excluding carboxylic acids is 3. The number of esters is 2. The Bertz CT molecular complexity index is 767. The van der Waals surface area contributed by atoms with Crippen LogP contribution < -0.4 is 0 Å². The van der Waals surface area contributed by atoms with Crippen molar-refractivity contribution in [1.82, 2.24) is 9.80 Å². The van der Waals surface area contributed by atoms with Crippen LogP contribution in [0.4, 0.5) is 0 Å². The van der Waals surface area contributed by atoms with E-state index in [4.69, 9.17) is 9.47 Å². The zero-order valence-corrected chi connectivity index (χ0v) is 35.1. The maximum Gasteiger partial charge on any atom is 0.308 e. The molecule has 3 unspecified atom stereocenters. The molecule has 7 nitrogen and oxygen atoms in total. The van der Waals surface area contributed by atoms with Crippen molar-refractivity contribution in [3.8, 4) is 0 Å². The van der Waals surface area contributed by atoms with Crippen LogP contribution in [0.5, 0.6) is 0 Å². The molecule has 0 aliphatic rings. The van der Waals surface area contributed by atoms with Crippen molar-refractivity contribution in [1.29, 1.82) is 0 Å². The second-order valence-corrected chi connectivity index (χ2v) is 15.3. The van der Waals surface area contributed by atoms with Gasteiger partial charge in [0.1, 0.15) is 13.2 Å². The summed E-state index contributed by atoms with van der Waals surface area (Å²) in [5.41, 5.74) is 0. The van der Waals surface area contributed by atoms with Gasteiger partial charge in [-0.1, -0.05) is 177 Å². The van der Waals surface area contributed by atoms with E-state index in [9.17, 15) is 14.4 Å². The van der Waals surface area contributed by atoms with Crippen molar-refractivity contribution in [2.75, 3.05) is 45.9 Å². The molecule has 7 heteroatoms. The van der Waals surface area contributed by atoms with Gasteiger partial charge in [-0.15, -0.1) is 0 Å². The Morgan fingerprint density at radius 2 is 0.784 bits per heavy atom. The van der Waals surface area contributed by atoms with Gasteiger partial charge in [-0.25, -0.2) is 0 Å². The molecule has 0 radical (unpaired) electrons. The average molecular weight is 723 g/mol. The van der Waals surface area contributed by atoms with Gasteiger partial charge in [-0.2, -0.15) is 0 Å². The summed E-state index contributed by atoms with van der Waals surface area (Å²) >= 11 is 0. The Morgan fingerprint density at radius 3 is 1.12 bits per heavy atom. The van der Waals surface area contributed by atoms with Crippen LogP contribution >= 0.6 is 0 Å². The van der Waals surface area contributed by atoms with Crippen molar-refractivity contribution in [2.24, 2.45) is 17.8 Å². The third-order valence-corrected chi connectivity index (χ3v) is 10.7. The average Bonchev–Trinajstić information content (AvgIpc) is 3.13. The normalized spacial score (nSPS) is 13.3. The van der Waals surface area contributed by atoms with Gasteiger partial charge in [0.15, 0.2) is 0 Å². The summed E-state index contributed by atoms with van der Waals surface area (Å²) in [5, 5.41) is 0. The number of hydrogen-bond donors (Lipinski definition) is 0. The SMILES string of the molecule is CCCCCCCCC(CCCCCC)C(=O)OCCN(CCOC(=O)C(CCCCCC)CCCCCCCC)C(=O)C(C)CN(CC)CC. The molecule has 0 saturated carbocycles. The summed E-state index contributed by atoms with van der Waals surface area (Å²) in [5.74, 6) is -0.539. The highest BCUT2D eigenvalue weighted by atomic mass is 16.5. The minimum absolute atomic E-state index is 0.0281. The van der Waals surface area contributed by atoms with E-state index in [2.05, 4.69) is 46.4 Å². The summed E-state index contributed by atoms with van der Waals surface area (Å²) in [6.07, 6.45) is 27.2. The highest BCUT2D eigenvalue weighted by Crippen LogP contribution is 2.22. The molecule has 0 spiro atoms. The number of hydrogen-bond acceptors (Lipinski definition) is 6. The van der Waals surface area contributed by atoms with Gasteiger partial charge < -0.3 is 19.3 Å². The Morgan fingerprint density at radius 1 is 0.471 bits per heavy atom. The maximum atomic E-state index is 13.8. The predicted molar refractivity (Wildman–Crippen MR) is 216 cm³/mol. The summed E-state index contributed by atoms with van der Waals surface area (Å²) in [6, 6.07) is 0. The van der Waals surface area contributed by atoms with Crippen LogP contribution in [-0.4, -0.2) is 73.6 Å². The van der Waals surface area contributed by atoms with Crippen LogP contribution in [0.15, 0.2) is 0 Å². The number of ether oxygens (including phenoxy) is 2. The Labute approximate surface area is 317 Å². The van der Waals surface area contributed by atoms with Crippen LogP contribution in [-0.2, 0) is 23.9 Å². The van der Waals surface area contributed by atoms with E-state index in [1.54, 1.807) is 4.90 Å². The van der Waals surface area contributed by atoms with Gasteiger partial charge in [-0.3, -0.25) is 14.4 Å². The summed E-state index contributed by atoms with van der Waals surface area (Å²) in [7, 11) is 0. The molecule has 302 valence electrons. The number of carbonyl (C=O) groups is 3. The van der Waals surface area contributed by atoms with Crippen LogP contribution in [0.25, 0.3) is 0 Å². The lowest BCUT2D eigenvalue weighted by Crippen LogP contribution is -2.44. The molecule has 0 fully saturated rings. The van der Waals surface area contributed by atoms with Crippen molar-refractivity contribution in [2.45, 2.75) is 203 Å². The van der Waals surface area contributed by atoms with Gasteiger partial charge in [0.2, 0.25) is 5.91 Å². The molecule has 0 aromatic rings. The zero-order chi connectivity index (χ0) is 38.0. The molecule has 0 aromatic heterocycles. The monoisotopic (exact) mass is 723 g/mol. The van der Waals surface area contributed by atoms with Gasteiger partial charge >= 0.3 is 11.9 Å². The van der Waals surface area contributed by atoms with E-state index in [0.29, 0.717) is 19.6 Å². The van der Waals surface area contributed by atoms with E-state index in [1.165, 1.54) is 89.9 Å². The molecule has 0 aromatic carbocycles. The molecule has 51 heavy (non-hydrogen) atoms. The highest BCUT2D eigenvalue weighted by molar-refractivity contribution is 5.79. The van der Waals surface area contributed by atoms with Crippen LogP contribution in [0.3, 0.4) is 0 Å². The fourth-order valence-corrected chi connectivity index (χ4v) is 7.08. The molecule has 3 atom stereocenters. The number of amides is 1. The summed E-state index contributed by atoms with van der Waals surface area (Å²) in [6.45, 7) is 18.6. The van der Waals surface area contributed by atoms with E-state index in [1.807, 2.05) is 6.92 Å². The first-order valence-corrected chi connectivity index (χ1v) is 22.1. The highest BCUT2D eigenvalue weighted by Gasteiger charge is 2.25. The summed E-state index contributed by atoms with van der Waals surface area (Å²) < 4.78 is 11.8. The second-order valence-electron chi connectivity index (χ2n) is 15.3. The van der Waals surface area contributed by atoms with Gasteiger partial charge in [0.05, 0.1) is 24.9 Å². The number of unbranched alkanes of at least 4 members (excludes halogenated alkanes) is 16. The number of rotatable bonds is 37. The fourth-order valence-electron chi connectivity index (χ4n) is 7.08. The smallest absolute Gasteiger partial charge is 0.308 e. The largest absolute Gasteiger partial charge is 0.464 e. The Kier molecular flexibility index (Phi) is 34.3. The quantitative estimate of drug-likeness (QED) is 0.0469. The topological polar surface area (TPSA) is 76.1 Å². The van der Waals surface area contributed by atoms with Crippen molar-refractivity contribution < 1.29 is 23.9 Å². The van der Waals surface area contributed by atoms with Gasteiger partial charge in [0, 0.05) is 12.5 Å². The minimum Gasteiger partial charge on any atom is -0.464 e. The first-order valence-electron chi connectivity index (χ1n) is 22.1. The predicted octanol–water partition coefficient (Wildman–Crippen LogP) is 11.6. The van der Waals surface area contributed by atoms with E-state index >= 15 is 0 Å². The van der Waals surface area contributed by atoms with E-state index in [0.717, 1.165) is 77.3 Å². The Hall–Kier alpha value is -1.63. The van der Waals surface area contributed by atoms with Crippen molar-refractivity contribution in [3.63, 3.8) is 0 Å². The first kappa shape index (κ1) is 49.4. The van der Waals surface area contributed by atoms with Gasteiger partial charge in [-0.05, 0) is 38.8 Å². The third kappa shape index (κ3) is 26.7. The lowest BCUT2D eigenvalue weighted by Gasteiger charge is -2.29. The molecule has 0 bridgehead atoms. The van der Waals surface area contributed by atoms with Gasteiger partial charge in [0.25, 0.3) is 0 Å². The molecular weight excluding hydrogens is 636 g/mol. The molecular formula is C44H86N2O5. The molecule has 0 aliphatic carbocycles. The van der Waals surface area contributed by atoms with Crippen LogP contribution in [0.1, 0.15) is 203 Å².